The maximum atomic E-state index is 12.5. The van der Waals surface area contributed by atoms with E-state index >= 15 is 0 Å². The highest BCUT2D eigenvalue weighted by molar-refractivity contribution is 5.86. The summed E-state index contributed by atoms with van der Waals surface area (Å²) in [5.74, 6) is -0.0963. The van der Waals surface area contributed by atoms with Gasteiger partial charge in [-0.05, 0) is 30.4 Å². The van der Waals surface area contributed by atoms with E-state index in [4.69, 9.17) is 4.74 Å². The van der Waals surface area contributed by atoms with Crippen molar-refractivity contribution in [2.45, 2.75) is 31.9 Å². The Morgan fingerprint density at radius 2 is 1.69 bits per heavy atom. The van der Waals surface area contributed by atoms with Crippen LogP contribution in [-0.2, 0) is 22.6 Å². The van der Waals surface area contributed by atoms with E-state index in [1.165, 1.54) is 5.56 Å². The first-order valence-electron chi connectivity index (χ1n) is 9.03. The average molecular weight is 352 g/mol. The number of ether oxygens (including phenoxy) is 1. The molecule has 0 aliphatic carbocycles. The minimum Gasteiger partial charge on any atom is -0.445 e. The van der Waals surface area contributed by atoms with Crippen LogP contribution in [0.1, 0.15) is 24.0 Å². The van der Waals surface area contributed by atoms with Crippen molar-refractivity contribution in [3.8, 4) is 0 Å². The molecule has 5 nitrogen and oxygen atoms in total. The van der Waals surface area contributed by atoms with Gasteiger partial charge in [-0.3, -0.25) is 9.69 Å². The zero-order valence-corrected chi connectivity index (χ0v) is 14.8. The van der Waals surface area contributed by atoms with Crippen molar-refractivity contribution in [1.29, 1.82) is 0 Å². The van der Waals surface area contributed by atoms with Gasteiger partial charge in [-0.15, -0.1) is 0 Å². The molecule has 1 aliphatic rings. The van der Waals surface area contributed by atoms with Gasteiger partial charge in [0.2, 0.25) is 5.91 Å². The van der Waals surface area contributed by atoms with Gasteiger partial charge in [-0.25, -0.2) is 4.79 Å². The second kappa shape index (κ2) is 9.04. The van der Waals surface area contributed by atoms with E-state index < -0.39 is 12.1 Å². The molecule has 1 unspecified atom stereocenters. The quantitative estimate of drug-likeness (QED) is 0.869. The molecule has 0 radical (unpaired) electrons. The van der Waals surface area contributed by atoms with Gasteiger partial charge in [0.25, 0.3) is 0 Å². The van der Waals surface area contributed by atoms with Crippen LogP contribution in [0, 0.1) is 0 Å². The molecule has 136 valence electrons. The molecule has 5 heteroatoms. The summed E-state index contributed by atoms with van der Waals surface area (Å²) in [7, 11) is 0. The molecule has 1 atom stereocenters. The Bertz CT molecular complexity index is 719. The van der Waals surface area contributed by atoms with Crippen LogP contribution in [0.15, 0.2) is 60.7 Å². The lowest BCUT2D eigenvalue weighted by Crippen LogP contribution is -2.57. The predicted octanol–water partition coefficient (Wildman–Crippen LogP) is 3.15. The van der Waals surface area contributed by atoms with Crippen LogP contribution >= 0.6 is 0 Å². The maximum absolute atomic E-state index is 12.5. The highest BCUT2D eigenvalue weighted by atomic mass is 16.6. The standard InChI is InChI=1S/C21H24N2O3/c24-20-19(13-7-12-17-8-3-1-4-9-17)23(15-14-22-20)21(25)26-16-18-10-5-2-6-11-18/h1-6,8-11,19H,7,12-16H2,(H,22,24). The number of nitrogens with one attached hydrogen (secondary N) is 1. The summed E-state index contributed by atoms with van der Waals surface area (Å²) >= 11 is 0. The molecule has 2 aromatic rings. The zero-order valence-electron chi connectivity index (χ0n) is 14.8. The summed E-state index contributed by atoms with van der Waals surface area (Å²) in [5, 5.41) is 2.85. The van der Waals surface area contributed by atoms with Crippen LogP contribution in [0.25, 0.3) is 0 Å². The van der Waals surface area contributed by atoms with Crippen LogP contribution in [0.5, 0.6) is 0 Å². The van der Waals surface area contributed by atoms with Crippen molar-refractivity contribution in [3.63, 3.8) is 0 Å². The predicted molar refractivity (Wildman–Crippen MR) is 99.5 cm³/mol. The molecule has 0 spiro atoms. The minimum atomic E-state index is -0.462. The number of carbonyl (C=O) groups is 2. The average Bonchev–Trinajstić information content (AvgIpc) is 2.69. The Labute approximate surface area is 154 Å². The van der Waals surface area contributed by atoms with E-state index in [-0.39, 0.29) is 12.5 Å². The van der Waals surface area contributed by atoms with Crippen LogP contribution in [0.2, 0.25) is 0 Å². The molecule has 1 saturated heterocycles. The first kappa shape index (κ1) is 18.0. The lowest BCUT2D eigenvalue weighted by molar-refractivity contribution is -0.128. The molecule has 2 aromatic carbocycles. The first-order valence-corrected chi connectivity index (χ1v) is 9.03. The molecule has 0 saturated carbocycles. The molecule has 1 aliphatic heterocycles. The highest BCUT2D eigenvalue weighted by Gasteiger charge is 2.33. The number of hydrogen-bond acceptors (Lipinski definition) is 3. The number of carbonyl (C=O) groups excluding carboxylic acids is 2. The van der Waals surface area contributed by atoms with Crippen LogP contribution in [0.3, 0.4) is 0 Å². The number of amides is 2. The molecule has 1 fully saturated rings. The smallest absolute Gasteiger partial charge is 0.410 e. The normalized spacial score (nSPS) is 16.8. The van der Waals surface area contributed by atoms with E-state index in [2.05, 4.69) is 17.4 Å². The Morgan fingerprint density at radius 1 is 1.04 bits per heavy atom. The number of aryl methyl sites for hydroxylation is 1. The van der Waals surface area contributed by atoms with Gasteiger partial charge >= 0.3 is 6.09 Å². The van der Waals surface area contributed by atoms with E-state index in [1.807, 2.05) is 48.5 Å². The van der Waals surface area contributed by atoms with E-state index in [1.54, 1.807) is 4.90 Å². The lowest BCUT2D eigenvalue weighted by atomic mass is 10.0. The molecule has 0 bridgehead atoms. The Kier molecular flexibility index (Phi) is 6.25. The summed E-state index contributed by atoms with van der Waals surface area (Å²) in [5.41, 5.74) is 2.17. The molecule has 0 aromatic heterocycles. The summed E-state index contributed by atoms with van der Waals surface area (Å²) in [4.78, 5) is 26.3. The van der Waals surface area contributed by atoms with E-state index in [0.717, 1.165) is 18.4 Å². The number of piperazine rings is 1. The van der Waals surface area contributed by atoms with Crippen molar-refractivity contribution < 1.29 is 14.3 Å². The topological polar surface area (TPSA) is 58.6 Å². The SMILES string of the molecule is O=C1NCCN(C(=O)OCc2ccccc2)C1CCCc1ccccc1. The number of nitrogens with zero attached hydrogens (tertiary/aromatic N) is 1. The molecule has 26 heavy (non-hydrogen) atoms. The molecule has 1 N–H and O–H groups in total. The van der Waals surface area contributed by atoms with Gasteiger partial charge in [0.15, 0.2) is 0 Å². The van der Waals surface area contributed by atoms with Gasteiger partial charge in [0, 0.05) is 13.1 Å². The zero-order chi connectivity index (χ0) is 18.2. The van der Waals surface area contributed by atoms with Crippen molar-refractivity contribution in [2.75, 3.05) is 13.1 Å². The molecule has 2 amide bonds. The van der Waals surface area contributed by atoms with Gasteiger partial charge in [-0.1, -0.05) is 60.7 Å². The third kappa shape index (κ3) is 4.85. The fourth-order valence-corrected chi connectivity index (χ4v) is 3.17. The fraction of sp³-hybridized carbons (Fsp3) is 0.333. The van der Waals surface area contributed by atoms with Crippen LogP contribution < -0.4 is 5.32 Å². The summed E-state index contributed by atoms with van der Waals surface area (Å²) < 4.78 is 5.42. The third-order valence-corrected chi connectivity index (χ3v) is 4.56. The fourth-order valence-electron chi connectivity index (χ4n) is 3.17. The van der Waals surface area contributed by atoms with Crippen molar-refractivity contribution in [2.24, 2.45) is 0 Å². The summed E-state index contributed by atoms with van der Waals surface area (Å²) in [6, 6.07) is 19.3. The Balaban J connectivity index is 1.55. The number of rotatable bonds is 6. The van der Waals surface area contributed by atoms with Gasteiger partial charge < -0.3 is 10.1 Å². The first-order chi connectivity index (χ1) is 12.7. The van der Waals surface area contributed by atoms with Crippen molar-refractivity contribution >= 4 is 12.0 Å². The van der Waals surface area contributed by atoms with Gasteiger partial charge in [0.05, 0.1) is 0 Å². The lowest BCUT2D eigenvalue weighted by Gasteiger charge is -2.34. The summed E-state index contributed by atoms with van der Waals surface area (Å²) in [6.07, 6.45) is 1.93. The van der Waals surface area contributed by atoms with E-state index in [9.17, 15) is 9.59 Å². The Morgan fingerprint density at radius 3 is 2.38 bits per heavy atom. The Hall–Kier alpha value is -2.82. The summed E-state index contributed by atoms with van der Waals surface area (Å²) in [6.45, 7) is 1.17. The van der Waals surface area contributed by atoms with Gasteiger partial charge in [0.1, 0.15) is 12.6 Å². The van der Waals surface area contributed by atoms with Crippen molar-refractivity contribution in [1.82, 2.24) is 10.2 Å². The maximum Gasteiger partial charge on any atom is 0.410 e. The molecular formula is C21H24N2O3. The minimum absolute atomic E-state index is 0.0963. The second-order valence-electron chi connectivity index (χ2n) is 6.42. The number of hydrogen-bond donors (Lipinski definition) is 1. The monoisotopic (exact) mass is 352 g/mol. The highest BCUT2D eigenvalue weighted by Crippen LogP contribution is 2.15. The van der Waals surface area contributed by atoms with Gasteiger partial charge in [-0.2, -0.15) is 0 Å². The molecule has 3 rings (SSSR count). The van der Waals surface area contributed by atoms with Crippen LogP contribution in [0.4, 0.5) is 4.79 Å². The largest absolute Gasteiger partial charge is 0.445 e. The molecule has 1 heterocycles. The molecular weight excluding hydrogens is 328 g/mol. The number of benzene rings is 2. The van der Waals surface area contributed by atoms with Crippen LogP contribution in [-0.4, -0.2) is 36.0 Å². The third-order valence-electron chi connectivity index (χ3n) is 4.56. The van der Waals surface area contributed by atoms with Crippen molar-refractivity contribution in [3.05, 3.63) is 71.8 Å². The second-order valence-corrected chi connectivity index (χ2v) is 6.42. The van der Waals surface area contributed by atoms with E-state index in [0.29, 0.717) is 19.5 Å².